The molecule has 6 nitrogen and oxygen atoms in total. The van der Waals surface area contributed by atoms with Gasteiger partial charge in [-0.3, -0.25) is 4.79 Å². The molecule has 0 saturated heterocycles. The Balaban J connectivity index is 2.96. The van der Waals surface area contributed by atoms with E-state index in [1.807, 2.05) is 0 Å². The van der Waals surface area contributed by atoms with Crippen molar-refractivity contribution in [3.05, 3.63) is 28.8 Å². The van der Waals surface area contributed by atoms with Crippen LogP contribution in [0.5, 0.6) is 0 Å². The second-order valence-corrected chi connectivity index (χ2v) is 7.40. The number of benzene rings is 1. The van der Waals surface area contributed by atoms with Crippen LogP contribution in [0.2, 0.25) is 5.02 Å². The number of Topliss-reactive ketones (excluding diaryl/α,β-unsaturated/α-hetero) is 1. The van der Waals surface area contributed by atoms with E-state index in [-0.39, 0.29) is 21.3 Å². The van der Waals surface area contributed by atoms with Gasteiger partial charge in [-0.15, -0.1) is 0 Å². The molecule has 0 fully saturated rings. The number of primary sulfonamides is 1. The van der Waals surface area contributed by atoms with Crippen molar-refractivity contribution in [2.24, 2.45) is 10.6 Å². The molecule has 0 saturated carbocycles. The predicted molar refractivity (Wildman–Crippen MR) is 77.6 cm³/mol. The third-order valence-electron chi connectivity index (χ3n) is 2.66. The van der Waals surface area contributed by atoms with Gasteiger partial charge < -0.3 is 4.74 Å². The Kier molecular flexibility index (Phi) is 5.14. The minimum Gasteiger partial charge on any atom is -0.454 e. The fourth-order valence-corrected chi connectivity index (χ4v) is 2.00. The summed E-state index contributed by atoms with van der Waals surface area (Å²) < 4.78 is 27.3. The van der Waals surface area contributed by atoms with E-state index >= 15 is 0 Å². The van der Waals surface area contributed by atoms with Crippen LogP contribution in [0.25, 0.3) is 0 Å². The second kappa shape index (κ2) is 6.13. The zero-order valence-electron chi connectivity index (χ0n) is 11.8. The van der Waals surface area contributed by atoms with Crippen molar-refractivity contribution in [3.8, 4) is 0 Å². The predicted octanol–water partition coefficient (Wildman–Crippen LogP) is 1.76. The molecule has 0 aliphatic rings. The average molecular weight is 334 g/mol. The van der Waals surface area contributed by atoms with Crippen LogP contribution in [0.4, 0.5) is 0 Å². The molecule has 0 atom stereocenters. The number of hydrogen-bond acceptors (Lipinski definition) is 5. The van der Waals surface area contributed by atoms with Crippen molar-refractivity contribution < 1.29 is 22.7 Å². The number of carbonyl (C=O) groups is 2. The molecular formula is C13H16ClNO5S. The van der Waals surface area contributed by atoms with Crippen molar-refractivity contribution in [3.63, 3.8) is 0 Å². The van der Waals surface area contributed by atoms with Gasteiger partial charge in [-0.05, 0) is 18.2 Å². The number of esters is 1. The Morgan fingerprint density at radius 1 is 1.29 bits per heavy atom. The summed E-state index contributed by atoms with van der Waals surface area (Å²) in [5.74, 6) is -1.15. The van der Waals surface area contributed by atoms with Gasteiger partial charge in [0, 0.05) is 5.41 Å². The number of ether oxygens (including phenoxy) is 1. The summed E-state index contributed by atoms with van der Waals surface area (Å²) in [5.41, 5.74) is -0.808. The fourth-order valence-electron chi connectivity index (χ4n) is 1.26. The summed E-state index contributed by atoms with van der Waals surface area (Å²) >= 11 is 5.82. The van der Waals surface area contributed by atoms with Crippen LogP contribution in [0.3, 0.4) is 0 Å². The van der Waals surface area contributed by atoms with Gasteiger partial charge in [0.2, 0.25) is 10.0 Å². The normalized spacial score (nSPS) is 12.0. The number of carbonyl (C=O) groups excluding carboxylic acids is 2. The molecule has 0 spiro atoms. The number of ketones is 1. The maximum Gasteiger partial charge on any atom is 0.340 e. The van der Waals surface area contributed by atoms with Gasteiger partial charge in [0.1, 0.15) is 0 Å². The molecule has 1 aromatic carbocycles. The van der Waals surface area contributed by atoms with Crippen LogP contribution in [0, 0.1) is 5.41 Å². The van der Waals surface area contributed by atoms with Crippen molar-refractivity contribution in [1.82, 2.24) is 0 Å². The molecule has 21 heavy (non-hydrogen) atoms. The van der Waals surface area contributed by atoms with Gasteiger partial charge in [-0.2, -0.15) is 0 Å². The standard InChI is InChI=1S/C13H16ClNO5S/c1-13(2,3)11(16)7-20-12(17)9-6-8(21(15,18)19)4-5-10(9)14/h4-6H,7H2,1-3H3,(H2,15,18,19). The zero-order valence-corrected chi connectivity index (χ0v) is 13.4. The number of sulfonamides is 1. The van der Waals surface area contributed by atoms with Crippen LogP contribution in [0.1, 0.15) is 31.1 Å². The lowest BCUT2D eigenvalue weighted by atomic mass is 9.91. The van der Waals surface area contributed by atoms with Crippen molar-refractivity contribution >= 4 is 33.4 Å². The van der Waals surface area contributed by atoms with E-state index < -0.39 is 28.0 Å². The van der Waals surface area contributed by atoms with Gasteiger partial charge in [0.05, 0.1) is 15.5 Å². The molecule has 8 heteroatoms. The number of nitrogens with two attached hydrogens (primary N) is 1. The summed E-state index contributed by atoms with van der Waals surface area (Å²) in [6.45, 7) is 4.66. The van der Waals surface area contributed by atoms with E-state index in [9.17, 15) is 18.0 Å². The first-order chi connectivity index (χ1) is 9.43. The fraction of sp³-hybridized carbons (Fsp3) is 0.385. The molecular weight excluding hydrogens is 318 g/mol. The van der Waals surface area contributed by atoms with Crippen LogP contribution in [0.15, 0.2) is 23.1 Å². The first kappa shape index (κ1) is 17.6. The molecule has 0 bridgehead atoms. The van der Waals surface area contributed by atoms with E-state index in [1.54, 1.807) is 20.8 Å². The first-order valence-electron chi connectivity index (χ1n) is 5.95. The highest BCUT2D eigenvalue weighted by Crippen LogP contribution is 2.21. The third kappa shape index (κ3) is 4.80. The Morgan fingerprint density at radius 2 is 1.86 bits per heavy atom. The first-order valence-corrected chi connectivity index (χ1v) is 7.88. The molecule has 1 aromatic rings. The molecule has 0 unspecified atom stereocenters. The monoisotopic (exact) mass is 333 g/mol. The molecule has 0 amide bonds. The molecule has 0 aromatic heterocycles. The molecule has 0 radical (unpaired) electrons. The van der Waals surface area contributed by atoms with Gasteiger partial charge >= 0.3 is 5.97 Å². The van der Waals surface area contributed by atoms with Crippen molar-refractivity contribution in [2.45, 2.75) is 25.7 Å². The Morgan fingerprint density at radius 3 is 2.33 bits per heavy atom. The highest BCUT2D eigenvalue weighted by molar-refractivity contribution is 7.89. The van der Waals surface area contributed by atoms with Crippen molar-refractivity contribution in [1.29, 1.82) is 0 Å². The Labute approximate surface area is 128 Å². The third-order valence-corrected chi connectivity index (χ3v) is 3.90. The summed E-state index contributed by atoms with van der Waals surface area (Å²) in [7, 11) is -3.96. The SMILES string of the molecule is CC(C)(C)C(=O)COC(=O)c1cc(S(N)(=O)=O)ccc1Cl. The zero-order chi connectivity index (χ0) is 16.4. The van der Waals surface area contributed by atoms with E-state index in [4.69, 9.17) is 21.5 Å². The lowest BCUT2D eigenvalue weighted by Gasteiger charge is -2.16. The molecule has 0 aliphatic heterocycles. The summed E-state index contributed by atoms with van der Waals surface area (Å²) in [6, 6.07) is 3.42. The summed E-state index contributed by atoms with van der Waals surface area (Å²) in [4.78, 5) is 23.3. The van der Waals surface area contributed by atoms with E-state index in [0.717, 1.165) is 6.07 Å². The quantitative estimate of drug-likeness (QED) is 0.845. The highest BCUT2D eigenvalue weighted by Gasteiger charge is 2.24. The summed E-state index contributed by atoms with van der Waals surface area (Å²) in [6.07, 6.45) is 0. The van der Waals surface area contributed by atoms with Crippen LogP contribution < -0.4 is 5.14 Å². The van der Waals surface area contributed by atoms with Crippen LogP contribution in [-0.2, 0) is 19.6 Å². The molecule has 0 heterocycles. The lowest BCUT2D eigenvalue weighted by molar-refractivity contribution is -0.129. The second-order valence-electron chi connectivity index (χ2n) is 5.44. The van der Waals surface area contributed by atoms with Gasteiger partial charge in [-0.1, -0.05) is 32.4 Å². The minimum absolute atomic E-state index is 0.00982. The van der Waals surface area contributed by atoms with Gasteiger partial charge in [0.25, 0.3) is 0 Å². The van der Waals surface area contributed by atoms with Crippen LogP contribution in [-0.4, -0.2) is 26.8 Å². The minimum atomic E-state index is -3.96. The smallest absolute Gasteiger partial charge is 0.340 e. The van der Waals surface area contributed by atoms with E-state index in [1.165, 1.54) is 12.1 Å². The van der Waals surface area contributed by atoms with Gasteiger partial charge in [0.15, 0.2) is 12.4 Å². The number of halogens is 1. The molecule has 116 valence electrons. The molecule has 2 N–H and O–H groups in total. The van der Waals surface area contributed by atoms with Crippen molar-refractivity contribution in [2.75, 3.05) is 6.61 Å². The highest BCUT2D eigenvalue weighted by atomic mass is 35.5. The van der Waals surface area contributed by atoms with Gasteiger partial charge in [-0.25, -0.2) is 18.4 Å². The lowest BCUT2D eigenvalue weighted by Crippen LogP contribution is -2.26. The largest absolute Gasteiger partial charge is 0.454 e. The summed E-state index contributed by atoms with van der Waals surface area (Å²) in [5, 5.41) is 4.99. The maximum atomic E-state index is 11.9. The van der Waals surface area contributed by atoms with Crippen LogP contribution >= 0.6 is 11.6 Å². The topological polar surface area (TPSA) is 104 Å². The Hall–Kier alpha value is -1.44. The number of rotatable bonds is 4. The maximum absolute atomic E-state index is 11.9. The average Bonchev–Trinajstić information content (AvgIpc) is 2.33. The Bertz CT molecular complexity index is 676. The number of hydrogen-bond donors (Lipinski definition) is 1. The molecule has 1 rings (SSSR count). The van der Waals surface area contributed by atoms with E-state index in [2.05, 4.69) is 0 Å². The van der Waals surface area contributed by atoms with E-state index in [0.29, 0.717) is 0 Å². The molecule has 0 aliphatic carbocycles.